The van der Waals surface area contributed by atoms with Gasteiger partial charge in [-0.15, -0.1) is 0 Å². The van der Waals surface area contributed by atoms with Crippen LogP contribution in [0.15, 0.2) is 12.3 Å². The molecule has 0 aliphatic heterocycles. The molecule has 1 aromatic rings. The number of nitrogens with zero attached hydrogens (tertiary/aromatic N) is 3. The lowest BCUT2D eigenvalue weighted by molar-refractivity contribution is 0.210. The summed E-state index contributed by atoms with van der Waals surface area (Å²) >= 11 is 0. The highest BCUT2D eigenvalue weighted by Crippen LogP contribution is 2.12. The summed E-state index contributed by atoms with van der Waals surface area (Å²) in [6.45, 7) is 7.80. The number of hydrogen-bond donors (Lipinski definition) is 1. The molecule has 0 radical (unpaired) electrons. The monoisotopic (exact) mass is 252 g/mol. The van der Waals surface area contributed by atoms with Crippen LogP contribution < -0.4 is 10.2 Å². The van der Waals surface area contributed by atoms with Gasteiger partial charge in [0.15, 0.2) is 0 Å². The third-order valence-electron chi connectivity index (χ3n) is 2.54. The summed E-state index contributed by atoms with van der Waals surface area (Å²) in [7, 11) is 1.68. The molecule has 0 aliphatic rings. The molecule has 0 saturated heterocycles. The van der Waals surface area contributed by atoms with Crippen molar-refractivity contribution in [1.82, 2.24) is 9.97 Å². The highest BCUT2D eigenvalue weighted by Gasteiger charge is 2.07. The van der Waals surface area contributed by atoms with Crippen LogP contribution in [0, 0.1) is 0 Å². The van der Waals surface area contributed by atoms with E-state index in [4.69, 9.17) is 4.74 Å². The number of rotatable bonds is 9. The van der Waals surface area contributed by atoms with E-state index in [1.807, 2.05) is 6.07 Å². The molecule has 0 amide bonds. The fourth-order valence-corrected chi connectivity index (χ4v) is 1.76. The van der Waals surface area contributed by atoms with E-state index in [1.165, 1.54) is 0 Å². The minimum Gasteiger partial charge on any atom is -0.383 e. The Hall–Kier alpha value is -1.36. The van der Waals surface area contributed by atoms with Gasteiger partial charge < -0.3 is 15.0 Å². The Labute approximate surface area is 110 Å². The van der Waals surface area contributed by atoms with E-state index in [0.29, 0.717) is 12.6 Å². The standard InChI is InChI=1S/C13H24N4O/c1-4-9-17(10-5-2)12-6-7-14-13(16-12)15-8-11-18-3/h6-7H,4-5,8-11H2,1-3H3,(H,14,15,16). The normalized spacial score (nSPS) is 10.4. The van der Waals surface area contributed by atoms with Crippen molar-refractivity contribution in [2.75, 3.05) is 43.6 Å². The van der Waals surface area contributed by atoms with E-state index in [2.05, 4.69) is 34.0 Å². The smallest absolute Gasteiger partial charge is 0.224 e. The molecule has 0 atom stereocenters. The van der Waals surface area contributed by atoms with Crippen molar-refractivity contribution >= 4 is 11.8 Å². The molecule has 0 spiro atoms. The van der Waals surface area contributed by atoms with Crippen LogP contribution in [0.5, 0.6) is 0 Å². The largest absolute Gasteiger partial charge is 0.383 e. The Morgan fingerprint density at radius 3 is 2.61 bits per heavy atom. The van der Waals surface area contributed by atoms with Gasteiger partial charge in [0.1, 0.15) is 5.82 Å². The van der Waals surface area contributed by atoms with Gasteiger partial charge in [-0.3, -0.25) is 0 Å². The predicted octanol–water partition coefficient (Wildman–Crippen LogP) is 2.16. The van der Waals surface area contributed by atoms with Crippen molar-refractivity contribution in [3.05, 3.63) is 12.3 Å². The number of hydrogen-bond acceptors (Lipinski definition) is 5. The first-order valence-corrected chi connectivity index (χ1v) is 6.62. The maximum atomic E-state index is 4.99. The first-order valence-electron chi connectivity index (χ1n) is 6.62. The fraction of sp³-hybridized carbons (Fsp3) is 0.692. The molecule has 0 fully saturated rings. The third kappa shape index (κ3) is 4.87. The quantitative estimate of drug-likeness (QED) is 0.683. The van der Waals surface area contributed by atoms with Crippen molar-refractivity contribution in [3.8, 4) is 0 Å². The molecule has 0 bridgehead atoms. The summed E-state index contributed by atoms with van der Waals surface area (Å²) in [4.78, 5) is 11.0. The Bertz CT molecular complexity index is 327. The van der Waals surface area contributed by atoms with Gasteiger partial charge in [0, 0.05) is 32.9 Å². The number of nitrogens with one attached hydrogen (secondary N) is 1. The number of ether oxygens (including phenoxy) is 1. The van der Waals surface area contributed by atoms with Gasteiger partial charge in [-0.2, -0.15) is 4.98 Å². The lowest BCUT2D eigenvalue weighted by Crippen LogP contribution is -2.26. The number of methoxy groups -OCH3 is 1. The zero-order chi connectivity index (χ0) is 13.2. The zero-order valence-corrected chi connectivity index (χ0v) is 11.6. The summed E-state index contributed by atoms with van der Waals surface area (Å²) in [6.07, 6.45) is 4.04. The molecule has 1 rings (SSSR count). The third-order valence-corrected chi connectivity index (χ3v) is 2.54. The van der Waals surface area contributed by atoms with E-state index in [9.17, 15) is 0 Å². The van der Waals surface area contributed by atoms with Crippen LogP contribution in [-0.4, -0.2) is 43.3 Å². The van der Waals surface area contributed by atoms with Crippen LogP contribution in [0.4, 0.5) is 11.8 Å². The van der Waals surface area contributed by atoms with Crippen molar-refractivity contribution in [2.45, 2.75) is 26.7 Å². The van der Waals surface area contributed by atoms with Crippen molar-refractivity contribution in [2.24, 2.45) is 0 Å². The lowest BCUT2D eigenvalue weighted by atomic mass is 10.3. The molecule has 1 aromatic heterocycles. The van der Waals surface area contributed by atoms with Crippen molar-refractivity contribution < 1.29 is 4.74 Å². The van der Waals surface area contributed by atoms with Gasteiger partial charge in [-0.1, -0.05) is 13.8 Å². The first kappa shape index (κ1) is 14.7. The van der Waals surface area contributed by atoms with Crippen LogP contribution in [-0.2, 0) is 4.74 Å². The Morgan fingerprint density at radius 1 is 1.28 bits per heavy atom. The SMILES string of the molecule is CCCN(CCC)c1ccnc(NCCOC)n1. The van der Waals surface area contributed by atoms with Crippen molar-refractivity contribution in [3.63, 3.8) is 0 Å². The zero-order valence-electron chi connectivity index (χ0n) is 11.6. The van der Waals surface area contributed by atoms with Gasteiger partial charge >= 0.3 is 0 Å². The molecule has 0 aliphatic carbocycles. The van der Waals surface area contributed by atoms with Crippen LogP contribution in [0.2, 0.25) is 0 Å². The van der Waals surface area contributed by atoms with Crippen molar-refractivity contribution in [1.29, 1.82) is 0 Å². The minimum atomic E-state index is 0.654. The molecule has 5 heteroatoms. The fourth-order valence-electron chi connectivity index (χ4n) is 1.76. The van der Waals surface area contributed by atoms with Crippen LogP contribution >= 0.6 is 0 Å². The van der Waals surface area contributed by atoms with E-state index >= 15 is 0 Å². The lowest BCUT2D eigenvalue weighted by Gasteiger charge is -2.22. The molecule has 1 heterocycles. The van der Waals surface area contributed by atoms with Gasteiger partial charge in [-0.25, -0.2) is 4.98 Å². The average molecular weight is 252 g/mol. The van der Waals surface area contributed by atoms with Crippen LogP contribution in [0.25, 0.3) is 0 Å². The van der Waals surface area contributed by atoms with E-state index in [0.717, 1.165) is 38.3 Å². The maximum absolute atomic E-state index is 4.99. The average Bonchev–Trinajstić information content (AvgIpc) is 2.39. The van der Waals surface area contributed by atoms with Crippen LogP contribution in [0.1, 0.15) is 26.7 Å². The first-order chi connectivity index (χ1) is 8.81. The highest BCUT2D eigenvalue weighted by molar-refractivity contribution is 5.42. The van der Waals surface area contributed by atoms with Gasteiger partial charge in [0.25, 0.3) is 0 Å². The summed E-state index contributed by atoms with van der Waals surface area (Å²) in [5, 5.41) is 3.15. The van der Waals surface area contributed by atoms with Crippen LogP contribution in [0.3, 0.4) is 0 Å². The summed E-state index contributed by atoms with van der Waals surface area (Å²) < 4.78 is 4.99. The Kier molecular flexibility index (Phi) is 7.10. The summed E-state index contributed by atoms with van der Waals surface area (Å²) in [5.41, 5.74) is 0. The molecule has 0 aromatic carbocycles. The van der Waals surface area contributed by atoms with Gasteiger partial charge in [-0.05, 0) is 18.9 Å². The number of aromatic nitrogens is 2. The molecule has 1 N–H and O–H groups in total. The summed E-state index contributed by atoms with van der Waals surface area (Å²) in [5.74, 6) is 1.66. The second-order valence-corrected chi connectivity index (χ2v) is 4.15. The second-order valence-electron chi connectivity index (χ2n) is 4.15. The summed E-state index contributed by atoms with van der Waals surface area (Å²) in [6, 6.07) is 1.97. The maximum Gasteiger partial charge on any atom is 0.224 e. The topological polar surface area (TPSA) is 50.3 Å². The van der Waals surface area contributed by atoms with E-state index < -0.39 is 0 Å². The minimum absolute atomic E-state index is 0.654. The molecule has 18 heavy (non-hydrogen) atoms. The molecule has 0 unspecified atom stereocenters. The Balaban J connectivity index is 2.65. The Morgan fingerprint density at radius 2 is 2.00 bits per heavy atom. The van der Waals surface area contributed by atoms with E-state index in [-0.39, 0.29) is 0 Å². The highest BCUT2D eigenvalue weighted by atomic mass is 16.5. The molecular weight excluding hydrogens is 228 g/mol. The molecular formula is C13H24N4O. The molecule has 0 saturated carbocycles. The predicted molar refractivity (Wildman–Crippen MR) is 75.2 cm³/mol. The molecule has 5 nitrogen and oxygen atoms in total. The van der Waals surface area contributed by atoms with Gasteiger partial charge in [0.2, 0.25) is 5.95 Å². The number of anilines is 2. The van der Waals surface area contributed by atoms with Gasteiger partial charge in [0.05, 0.1) is 6.61 Å². The second kappa shape index (κ2) is 8.69. The molecule has 102 valence electrons. The van der Waals surface area contributed by atoms with E-state index in [1.54, 1.807) is 13.3 Å².